The maximum atomic E-state index is 10.2. The Balaban J connectivity index is 2.67. The van der Waals surface area contributed by atoms with Gasteiger partial charge in [0.15, 0.2) is 0 Å². The Bertz CT molecular complexity index is 423. The predicted octanol–water partition coefficient (Wildman–Crippen LogP) is 1.08. The van der Waals surface area contributed by atoms with Crippen LogP contribution in [0.2, 0.25) is 0 Å². The first-order valence-electron chi connectivity index (χ1n) is 3.59. The third-order valence-corrected chi connectivity index (χ3v) is 1.74. The molecule has 4 heteroatoms. The van der Waals surface area contributed by atoms with Crippen molar-refractivity contribution in [3.05, 3.63) is 35.9 Å². The van der Waals surface area contributed by atoms with E-state index < -0.39 is 10.1 Å². The summed E-state index contributed by atoms with van der Waals surface area (Å²) in [5.74, 6) is 2.35. The van der Waals surface area contributed by atoms with Gasteiger partial charge in [0, 0.05) is 6.42 Å². The minimum absolute atomic E-state index is 0.320. The zero-order valence-corrected chi connectivity index (χ0v) is 7.58. The molecule has 0 atom stereocenters. The van der Waals surface area contributed by atoms with E-state index >= 15 is 0 Å². The molecule has 3 nitrogen and oxygen atoms in total. The van der Waals surface area contributed by atoms with Crippen molar-refractivity contribution in [2.24, 2.45) is 0 Å². The Hall–Kier alpha value is -1.31. The van der Waals surface area contributed by atoms with Crippen LogP contribution in [0.4, 0.5) is 0 Å². The topological polar surface area (TPSA) is 54.4 Å². The van der Waals surface area contributed by atoms with Crippen molar-refractivity contribution in [1.29, 1.82) is 0 Å². The highest BCUT2D eigenvalue weighted by molar-refractivity contribution is 7.90. The Kier molecular flexibility index (Phi) is 3.07. The lowest BCUT2D eigenvalue weighted by molar-refractivity contribution is 0.496. The highest BCUT2D eigenvalue weighted by Crippen LogP contribution is 1.97. The predicted molar refractivity (Wildman–Crippen MR) is 49.5 cm³/mol. The maximum Gasteiger partial charge on any atom is 0.335 e. The molecule has 0 radical (unpaired) electrons. The van der Waals surface area contributed by atoms with Gasteiger partial charge in [0.2, 0.25) is 0 Å². The van der Waals surface area contributed by atoms with Crippen molar-refractivity contribution in [2.75, 3.05) is 0 Å². The monoisotopic (exact) mass is 196 g/mol. The largest absolute Gasteiger partial charge is 0.335 e. The van der Waals surface area contributed by atoms with E-state index in [1.54, 1.807) is 5.25 Å². The molecular weight excluding hydrogens is 188 g/mol. The van der Waals surface area contributed by atoms with E-state index in [1.807, 2.05) is 30.3 Å². The molecule has 0 saturated heterocycles. The van der Waals surface area contributed by atoms with Crippen molar-refractivity contribution >= 4 is 10.1 Å². The van der Waals surface area contributed by atoms with Crippen LogP contribution in [-0.2, 0) is 16.5 Å². The summed E-state index contributed by atoms with van der Waals surface area (Å²) < 4.78 is 28.7. The average molecular weight is 196 g/mol. The van der Waals surface area contributed by atoms with Gasteiger partial charge in [0.1, 0.15) is 0 Å². The van der Waals surface area contributed by atoms with Gasteiger partial charge in [-0.2, -0.15) is 8.42 Å². The van der Waals surface area contributed by atoms with E-state index in [-0.39, 0.29) is 0 Å². The van der Waals surface area contributed by atoms with Crippen molar-refractivity contribution in [3.8, 4) is 11.2 Å². The molecule has 0 heterocycles. The fraction of sp³-hybridized carbons (Fsp3) is 0.111. The highest BCUT2D eigenvalue weighted by Gasteiger charge is 1.93. The van der Waals surface area contributed by atoms with Crippen molar-refractivity contribution in [1.82, 2.24) is 0 Å². The number of benzene rings is 1. The Morgan fingerprint density at radius 3 is 2.38 bits per heavy atom. The molecule has 0 fully saturated rings. The van der Waals surface area contributed by atoms with Crippen LogP contribution in [0.1, 0.15) is 5.56 Å². The molecule has 68 valence electrons. The third kappa shape index (κ3) is 4.31. The second-order valence-electron chi connectivity index (χ2n) is 2.42. The first-order chi connectivity index (χ1) is 6.08. The van der Waals surface area contributed by atoms with Crippen LogP contribution in [-0.4, -0.2) is 13.0 Å². The Labute approximate surface area is 77.2 Å². The molecule has 1 aromatic rings. The molecule has 0 aliphatic carbocycles. The fourth-order valence-electron chi connectivity index (χ4n) is 0.825. The standard InChI is InChI=1S/C9H8O3S/c10-13(11,12)8-4-7-9-5-2-1-3-6-9/h1-3,5-6H,7H2,(H,10,11,12). The van der Waals surface area contributed by atoms with Gasteiger partial charge in [0.05, 0.1) is 5.25 Å². The molecule has 0 aliphatic rings. The van der Waals surface area contributed by atoms with E-state index in [4.69, 9.17) is 4.55 Å². The summed E-state index contributed by atoms with van der Waals surface area (Å²) in [5, 5.41) is 1.75. The molecule has 1 aromatic carbocycles. The number of rotatable bonds is 1. The van der Waals surface area contributed by atoms with Crippen LogP contribution in [0.3, 0.4) is 0 Å². The molecule has 0 saturated carbocycles. The lowest BCUT2D eigenvalue weighted by Gasteiger charge is -1.90. The second-order valence-corrected chi connectivity index (χ2v) is 3.57. The fourth-order valence-corrected chi connectivity index (χ4v) is 1.08. The third-order valence-electron chi connectivity index (χ3n) is 1.34. The van der Waals surface area contributed by atoms with E-state index in [0.717, 1.165) is 5.56 Å². The zero-order chi connectivity index (χ0) is 9.73. The summed E-state index contributed by atoms with van der Waals surface area (Å²) in [6, 6.07) is 9.20. The van der Waals surface area contributed by atoms with Gasteiger partial charge >= 0.3 is 10.1 Å². The smallest absolute Gasteiger partial charge is 0.276 e. The molecule has 13 heavy (non-hydrogen) atoms. The Morgan fingerprint density at radius 1 is 1.23 bits per heavy atom. The maximum absolute atomic E-state index is 10.2. The lowest BCUT2D eigenvalue weighted by atomic mass is 10.2. The number of hydrogen-bond donors (Lipinski definition) is 1. The molecule has 0 aromatic heterocycles. The molecule has 0 bridgehead atoms. The summed E-state index contributed by atoms with van der Waals surface area (Å²) in [6.07, 6.45) is 0.320. The summed E-state index contributed by atoms with van der Waals surface area (Å²) in [6.45, 7) is 0. The molecular formula is C9H8O3S. The van der Waals surface area contributed by atoms with Crippen LogP contribution in [0.25, 0.3) is 0 Å². The van der Waals surface area contributed by atoms with E-state index in [9.17, 15) is 8.42 Å². The van der Waals surface area contributed by atoms with E-state index in [1.165, 1.54) is 0 Å². The van der Waals surface area contributed by atoms with Crippen molar-refractivity contribution < 1.29 is 13.0 Å². The molecule has 0 aliphatic heterocycles. The molecule has 0 unspecified atom stereocenters. The minimum Gasteiger partial charge on any atom is -0.276 e. The van der Waals surface area contributed by atoms with Crippen LogP contribution in [0, 0.1) is 11.2 Å². The van der Waals surface area contributed by atoms with Crippen molar-refractivity contribution in [2.45, 2.75) is 6.42 Å². The zero-order valence-electron chi connectivity index (χ0n) is 6.77. The Morgan fingerprint density at radius 2 is 1.85 bits per heavy atom. The minimum atomic E-state index is -4.16. The molecule has 0 spiro atoms. The average Bonchev–Trinajstić information content (AvgIpc) is 2.04. The van der Waals surface area contributed by atoms with Crippen LogP contribution in [0.5, 0.6) is 0 Å². The molecule has 0 amide bonds. The SMILES string of the molecule is O=S(=O)(O)C#CCc1ccccc1. The van der Waals surface area contributed by atoms with Crippen LogP contribution < -0.4 is 0 Å². The summed E-state index contributed by atoms with van der Waals surface area (Å²) >= 11 is 0. The first-order valence-corrected chi connectivity index (χ1v) is 5.03. The first kappa shape index (κ1) is 9.78. The van der Waals surface area contributed by atoms with Crippen LogP contribution in [0.15, 0.2) is 30.3 Å². The van der Waals surface area contributed by atoms with Crippen molar-refractivity contribution in [3.63, 3.8) is 0 Å². The van der Waals surface area contributed by atoms with Gasteiger partial charge in [-0.1, -0.05) is 36.3 Å². The molecule has 1 rings (SSSR count). The van der Waals surface area contributed by atoms with Gasteiger partial charge in [-0.15, -0.1) is 0 Å². The molecule has 1 N–H and O–H groups in total. The highest BCUT2D eigenvalue weighted by atomic mass is 32.2. The van der Waals surface area contributed by atoms with Gasteiger partial charge in [-0.3, -0.25) is 4.55 Å². The van der Waals surface area contributed by atoms with E-state index in [0.29, 0.717) is 6.42 Å². The van der Waals surface area contributed by atoms with Gasteiger partial charge in [0.25, 0.3) is 0 Å². The summed E-state index contributed by atoms with van der Waals surface area (Å²) in [7, 11) is -4.16. The summed E-state index contributed by atoms with van der Waals surface area (Å²) in [4.78, 5) is 0. The van der Waals surface area contributed by atoms with Crippen LogP contribution >= 0.6 is 0 Å². The van der Waals surface area contributed by atoms with E-state index in [2.05, 4.69) is 5.92 Å². The normalized spacial score (nSPS) is 10.2. The number of hydrogen-bond acceptors (Lipinski definition) is 2. The second kappa shape index (κ2) is 4.08. The van der Waals surface area contributed by atoms with Gasteiger partial charge in [-0.25, -0.2) is 0 Å². The summed E-state index contributed by atoms with van der Waals surface area (Å²) in [5.41, 5.74) is 0.915. The van der Waals surface area contributed by atoms with Gasteiger partial charge in [-0.05, 0) is 5.56 Å². The lowest BCUT2D eigenvalue weighted by Crippen LogP contribution is -1.90. The van der Waals surface area contributed by atoms with Gasteiger partial charge < -0.3 is 0 Å². The quantitative estimate of drug-likeness (QED) is 0.540.